The van der Waals surface area contributed by atoms with E-state index in [-0.39, 0.29) is 18.6 Å². The molecule has 0 spiro atoms. The maximum atomic E-state index is 12.3. The third-order valence-electron chi connectivity index (χ3n) is 4.05. The number of esters is 1. The van der Waals surface area contributed by atoms with Gasteiger partial charge in [-0.05, 0) is 13.8 Å². The van der Waals surface area contributed by atoms with Gasteiger partial charge in [-0.1, -0.05) is 0 Å². The zero-order valence-corrected chi connectivity index (χ0v) is 14.9. The summed E-state index contributed by atoms with van der Waals surface area (Å²) in [5, 5.41) is 5.88. The minimum Gasteiger partial charge on any atom is -0.459 e. The molecule has 0 N–H and O–H groups in total. The third kappa shape index (κ3) is 2.84. The van der Waals surface area contributed by atoms with Gasteiger partial charge in [-0.2, -0.15) is 10.1 Å². The number of carbonyl (C=O) groups is 1. The third-order valence-corrected chi connectivity index (χ3v) is 4.80. The van der Waals surface area contributed by atoms with Crippen LogP contribution in [0.2, 0.25) is 0 Å². The first-order chi connectivity index (χ1) is 12.5. The largest absolute Gasteiger partial charge is 0.459 e. The summed E-state index contributed by atoms with van der Waals surface area (Å²) in [5.74, 6) is 0.0664. The van der Waals surface area contributed by atoms with E-state index in [9.17, 15) is 9.59 Å². The Bertz CT molecular complexity index is 1190. The van der Waals surface area contributed by atoms with Crippen LogP contribution in [0.1, 0.15) is 22.6 Å². The lowest BCUT2D eigenvalue weighted by molar-refractivity contribution is -0.144. The van der Waals surface area contributed by atoms with E-state index in [0.717, 1.165) is 11.3 Å². The summed E-state index contributed by atoms with van der Waals surface area (Å²) >= 11 is 1.35. The van der Waals surface area contributed by atoms with Crippen molar-refractivity contribution in [2.45, 2.75) is 26.9 Å². The van der Waals surface area contributed by atoms with E-state index in [2.05, 4.69) is 20.1 Å². The van der Waals surface area contributed by atoms with Crippen molar-refractivity contribution < 1.29 is 9.53 Å². The second-order valence-corrected chi connectivity index (χ2v) is 6.58. The number of nitrogens with zero attached hydrogens (tertiary/aromatic N) is 6. The average Bonchev–Trinajstić information content (AvgIpc) is 3.26. The van der Waals surface area contributed by atoms with E-state index >= 15 is 0 Å². The molecule has 0 atom stereocenters. The maximum absolute atomic E-state index is 12.3. The molecule has 26 heavy (non-hydrogen) atoms. The van der Waals surface area contributed by atoms with Crippen LogP contribution in [0, 0.1) is 13.8 Å². The highest BCUT2D eigenvalue weighted by Gasteiger charge is 2.15. The molecule has 4 rings (SSSR count). The lowest BCUT2D eigenvalue weighted by Crippen LogP contribution is -2.16. The number of hydrogen-bond acceptors (Lipinski definition) is 8. The van der Waals surface area contributed by atoms with Crippen LogP contribution >= 0.6 is 11.3 Å². The van der Waals surface area contributed by atoms with E-state index in [4.69, 9.17) is 4.74 Å². The number of thiazole rings is 1. The van der Waals surface area contributed by atoms with Gasteiger partial charge in [0.05, 0.1) is 12.1 Å². The molecule has 0 unspecified atom stereocenters. The van der Waals surface area contributed by atoms with Crippen molar-refractivity contribution in [3.63, 3.8) is 0 Å². The summed E-state index contributed by atoms with van der Waals surface area (Å²) in [4.78, 5) is 37.5. The predicted octanol–water partition coefficient (Wildman–Crippen LogP) is 1.10. The molecular formula is C16H14N6O3S. The van der Waals surface area contributed by atoms with Crippen molar-refractivity contribution in [1.29, 1.82) is 0 Å². The Balaban J connectivity index is 1.51. The predicted molar refractivity (Wildman–Crippen MR) is 93.1 cm³/mol. The monoisotopic (exact) mass is 370 g/mol. The van der Waals surface area contributed by atoms with Crippen LogP contribution < -0.4 is 5.56 Å². The average molecular weight is 370 g/mol. The van der Waals surface area contributed by atoms with Gasteiger partial charge < -0.3 is 4.74 Å². The molecular weight excluding hydrogens is 356 g/mol. The first-order valence-corrected chi connectivity index (χ1v) is 8.68. The van der Waals surface area contributed by atoms with Gasteiger partial charge in [0.2, 0.25) is 0 Å². The zero-order valence-electron chi connectivity index (χ0n) is 14.0. The Hall–Kier alpha value is -3.14. The highest BCUT2D eigenvalue weighted by atomic mass is 32.1. The molecule has 0 aliphatic carbocycles. The van der Waals surface area contributed by atoms with Gasteiger partial charge in [0, 0.05) is 34.6 Å². The topological polar surface area (TPSA) is 104 Å². The fourth-order valence-corrected chi connectivity index (χ4v) is 3.46. The van der Waals surface area contributed by atoms with E-state index in [1.54, 1.807) is 16.1 Å². The Kier molecular flexibility index (Phi) is 3.96. The van der Waals surface area contributed by atoms with Crippen LogP contribution in [0.3, 0.4) is 0 Å². The molecule has 4 heterocycles. The highest BCUT2D eigenvalue weighted by molar-refractivity contribution is 7.15. The van der Waals surface area contributed by atoms with Crippen molar-refractivity contribution in [2.75, 3.05) is 0 Å². The number of aromatic nitrogens is 6. The molecule has 10 heteroatoms. The Morgan fingerprint density at radius 3 is 3.00 bits per heavy atom. The lowest BCUT2D eigenvalue weighted by atomic mass is 10.1. The molecule has 0 aromatic carbocycles. The normalized spacial score (nSPS) is 11.3. The van der Waals surface area contributed by atoms with Crippen LogP contribution in [0.5, 0.6) is 0 Å². The molecule has 0 aliphatic heterocycles. The van der Waals surface area contributed by atoms with Gasteiger partial charge in [0.25, 0.3) is 11.3 Å². The smallest absolute Gasteiger partial charge is 0.310 e. The maximum Gasteiger partial charge on any atom is 0.310 e. The first-order valence-electron chi connectivity index (χ1n) is 7.80. The van der Waals surface area contributed by atoms with Crippen LogP contribution in [-0.2, 0) is 22.6 Å². The summed E-state index contributed by atoms with van der Waals surface area (Å²) < 4.78 is 8.33. The second kappa shape index (κ2) is 6.30. The minimum absolute atomic E-state index is 0.0560. The molecule has 132 valence electrons. The minimum atomic E-state index is -0.425. The van der Waals surface area contributed by atoms with Gasteiger partial charge in [0.1, 0.15) is 12.9 Å². The standard InChI is InChI=1S/C16H14N6O3S/c1-9-12(10(2)22-15(19-9)17-8-18-22)6-14(24)25-7-11-5-13(23)21-3-4-26-16(21)20-11/h3-5,8H,6-7H2,1-2H3. The van der Waals surface area contributed by atoms with Crippen LogP contribution in [0.25, 0.3) is 10.7 Å². The number of ether oxygens (including phenoxy) is 1. The van der Waals surface area contributed by atoms with Crippen molar-refractivity contribution in [3.8, 4) is 0 Å². The Morgan fingerprint density at radius 2 is 2.15 bits per heavy atom. The lowest BCUT2D eigenvalue weighted by Gasteiger charge is -2.10. The van der Waals surface area contributed by atoms with Crippen LogP contribution in [0.4, 0.5) is 0 Å². The van der Waals surface area contributed by atoms with Gasteiger partial charge in [-0.3, -0.25) is 14.0 Å². The van der Waals surface area contributed by atoms with E-state index in [0.29, 0.717) is 22.1 Å². The molecule has 0 fully saturated rings. The van der Waals surface area contributed by atoms with Crippen molar-refractivity contribution >= 4 is 28.0 Å². The van der Waals surface area contributed by atoms with Gasteiger partial charge in [-0.15, -0.1) is 11.3 Å². The number of fused-ring (bicyclic) bond motifs is 2. The molecule has 0 amide bonds. The van der Waals surface area contributed by atoms with Crippen LogP contribution in [0.15, 0.2) is 28.8 Å². The molecule has 0 aliphatic rings. The Labute approximate surface area is 150 Å². The summed E-state index contributed by atoms with van der Waals surface area (Å²) in [5.41, 5.74) is 2.46. The van der Waals surface area contributed by atoms with Crippen molar-refractivity contribution in [1.82, 2.24) is 29.0 Å². The number of aryl methyl sites for hydroxylation is 2. The molecule has 4 aromatic rings. The summed E-state index contributed by atoms with van der Waals surface area (Å²) in [7, 11) is 0. The molecule has 0 saturated heterocycles. The fraction of sp³-hybridized carbons (Fsp3) is 0.250. The molecule has 0 radical (unpaired) electrons. The molecule has 9 nitrogen and oxygen atoms in total. The summed E-state index contributed by atoms with van der Waals surface area (Å²) in [6, 6.07) is 1.37. The van der Waals surface area contributed by atoms with Gasteiger partial charge in [0.15, 0.2) is 4.96 Å². The van der Waals surface area contributed by atoms with Crippen LogP contribution in [-0.4, -0.2) is 34.9 Å². The van der Waals surface area contributed by atoms with E-state index in [1.165, 1.54) is 28.1 Å². The van der Waals surface area contributed by atoms with Gasteiger partial charge in [-0.25, -0.2) is 14.5 Å². The summed E-state index contributed by atoms with van der Waals surface area (Å²) in [6.07, 6.45) is 3.13. The number of carbonyl (C=O) groups excluding carboxylic acids is 1. The SMILES string of the molecule is Cc1nc2ncnn2c(C)c1CC(=O)OCc1cc(=O)n2ccsc2n1. The van der Waals surface area contributed by atoms with E-state index in [1.807, 2.05) is 13.8 Å². The van der Waals surface area contributed by atoms with Gasteiger partial charge >= 0.3 is 5.97 Å². The van der Waals surface area contributed by atoms with Crippen molar-refractivity contribution in [2.24, 2.45) is 0 Å². The molecule has 0 saturated carbocycles. The molecule has 0 bridgehead atoms. The number of rotatable bonds is 4. The highest BCUT2D eigenvalue weighted by Crippen LogP contribution is 2.14. The quantitative estimate of drug-likeness (QED) is 0.495. The second-order valence-electron chi connectivity index (χ2n) is 5.71. The van der Waals surface area contributed by atoms with Crippen molar-refractivity contribution in [3.05, 3.63) is 57.0 Å². The first kappa shape index (κ1) is 16.3. The fourth-order valence-electron chi connectivity index (χ4n) is 2.72. The number of hydrogen-bond donors (Lipinski definition) is 0. The van der Waals surface area contributed by atoms with E-state index < -0.39 is 5.97 Å². The zero-order chi connectivity index (χ0) is 18.3. The summed E-state index contributed by atoms with van der Waals surface area (Å²) in [6.45, 7) is 3.61. The molecule has 4 aromatic heterocycles. The Morgan fingerprint density at radius 1 is 1.31 bits per heavy atom.